The van der Waals surface area contributed by atoms with E-state index < -0.39 is 0 Å². The van der Waals surface area contributed by atoms with Crippen molar-refractivity contribution in [2.45, 2.75) is 71.4 Å². The molecule has 1 fully saturated rings. The van der Waals surface area contributed by atoms with Crippen molar-refractivity contribution in [1.82, 2.24) is 15.8 Å². The maximum absolute atomic E-state index is 5.65. The van der Waals surface area contributed by atoms with Crippen molar-refractivity contribution in [3.63, 3.8) is 0 Å². The van der Waals surface area contributed by atoms with Crippen molar-refractivity contribution in [2.75, 3.05) is 19.7 Å². The van der Waals surface area contributed by atoms with Crippen molar-refractivity contribution >= 4 is 5.96 Å². The lowest BCUT2D eigenvalue weighted by molar-refractivity contribution is 0.105. The first kappa shape index (κ1) is 18.8. The smallest absolute Gasteiger partial charge is 0.191 e. The van der Waals surface area contributed by atoms with Gasteiger partial charge in [-0.2, -0.15) is 0 Å². The highest BCUT2D eigenvalue weighted by molar-refractivity contribution is 5.79. The Labute approximate surface area is 145 Å². The highest BCUT2D eigenvalue weighted by atomic mass is 16.5. The summed E-state index contributed by atoms with van der Waals surface area (Å²) in [6.07, 6.45) is 5.94. The fourth-order valence-corrected chi connectivity index (χ4v) is 3.03. The predicted molar refractivity (Wildman–Crippen MR) is 96.2 cm³/mol. The van der Waals surface area contributed by atoms with Crippen LogP contribution in [0.15, 0.2) is 15.6 Å². The third-order valence-electron chi connectivity index (χ3n) is 4.50. The average Bonchev–Trinajstić information content (AvgIpc) is 3.26. The molecule has 1 aliphatic rings. The van der Waals surface area contributed by atoms with Crippen molar-refractivity contribution in [1.29, 1.82) is 0 Å². The van der Waals surface area contributed by atoms with E-state index in [9.17, 15) is 0 Å². The van der Waals surface area contributed by atoms with Crippen LogP contribution in [0.4, 0.5) is 0 Å². The summed E-state index contributed by atoms with van der Waals surface area (Å²) >= 11 is 0. The Morgan fingerprint density at radius 3 is 2.83 bits per heavy atom. The van der Waals surface area contributed by atoms with Gasteiger partial charge in [-0.25, -0.2) is 4.99 Å². The van der Waals surface area contributed by atoms with E-state index in [1.807, 2.05) is 6.07 Å². The molecule has 24 heavy (non-hydrogen) atoms. The van der Waals surface area contributed by atoms with Gasteiger partial charge >= 0.3 is 0 Å². The normalized spacial score (nSPS) is 18.3. The van der Waals surface area contributed by atoms with Crippen LogP contribution in [0, 0.1) is 0 Å². The van der Waals surface area contributed by atoms with Gasteiger partial charge < -0.3 is 19.9 Å². The van der Waals surface area contributed by atoms with Gasteiger partial charge in [0.2, 0.25) is 0 Å². The number of nitrogens with one attached hydrogen (secondary N) is 2. The minimum Gasteiger partial charge on any atom is -0.378 e. The lowest BCUT2D eigenvalue weighted by Crippen LogP contribution is -2.38. The minimum atomic E-state index is 0.400. The largest absolute Gasteiger partial charge is 0.378 e. The average molecular weight is 336 g/mol. The lowest BCUT2D eigenvalue weighted by Gasteiger charge is -2.13. The standard InChI is InChI=1S/C18H32N4O2/c1-4-14(5-2)17-12-16(24-22-17)13-21-18(19-6-3)20-10-9-15-8-7-11-23-15/h12,14-15H,4-11,13H2,1-3H3,(H2,19,20,21). The molecule has 1 aromatic rings. The van der Waals surface area contributed by atoms with Crippen molar-refractivity contribution in [2.24, 2.45) is 4.99 Å². The molecule has 0 aromatic carbocycles. The van der Waals surface area contributed by atoms with Crippen molar-refractivity contribution in [3.05, 3.63) is 17.5 Å². The Hall–Kier alpha value is -1.56. The zero-order chi connectivity index (χ0) is 17.2. The second kappa shape index (κ2) is 10.3. The summed E-state index contributed by atoms with van der Waals surface area (Å²) < 4.78 is 11.1. The minimum absolute atomic E-state index is 0.400. The summed E-state index contributed by atoms with van der Waals surface area (Å²) in [7, 11) is 0. The van der Waals surface area contributed by atoms with E-state index in [-0.39, 0.29) is 0 Å². The number of hydrogen-bond acceptors (Lipinski definition) is 4. The third-order valence-corrected chi connectivity index (χ3v) is 4.50. The molecule has 2 N–H and O–H groups in total. The molecule has 2 heterocycles. The van der Waals surface area contributed by atoms with E-state index in [1.54, 1.807) is 0 Å². The Kier molecular flexibility index (Phi) is 8.08. The molecule has 1 atom stereocenters. The lowest BCUT2D eigenvalue weighted by atomic mass is 9.99. The molecule has 1 saturated heterocycles. The van der Waals surface area contributed by atoms with Crippen molar-refractivity contribution < 1.29 is 9.26 Å². The Bertz CT molecular complexity index is 491. The number of rotatable bonds is 9. The van der Waals surface area contributed by atoms with E-state index in [2.05, 4.69) is 41.6 Å². The summed E-state index contributed by atoms with van der Waals surface area (Å²) in [5, 5.41) is 10.8. The highest BCUT2D eigenvalue weighted by Gasteiger charge is 2.15. The molecule has 6 heteroatoms. The molecule has 0 spiro atoms. The van der Waals surface area contributed by atoms with Gasteiger partial charge in [0, 0.05) is 31.7 Å². The SMILES string of the molecule is CCNC(=NCc1cc(C(CC)CC)no1)NCCC1CCCO1. The number of hydrogen-bond donors (Lipinski definition) is 2. The van der Waals surface area contributed by atoms with Crippen LogP contribution < -0.4 is 10.6 Å². The van der Waals surface area contributed by atoms with Crippen LogP contribution in [0.5, 0.6) is 0 Å². The maximum atomic E-state index is 5.65. The monoisotopic (exact) mass is 336 g/mol. The third kappa shape index (κ3) is 5.82. The van der Waals surface area contributed by atoms with Gasteiger partial charge in [0.25, 0.3) is 0 Å². The number of guanidine groups is 1. The Balaban J connectivity index is 1.83. The maximum Gasteiger partial charge on any atom is 0.191 e. The van der Waals surface area contributed by atoms with Crippen molar-refractivity contribution in [3.8, 4) is 0 Å². The molecule has 1 aromatic heterocycles. The summed E-state index contributed by atoms with van der Waals surface area (Å²) in [4.78, 5) is 4.59. The fraction of sp³-hybridized carbons (Fsp3) is 0.778. The fourth-order valence-electron chi connectivity index (χ4n) is 3.03. The van der Waals surface area contributed by atoms with Gasteiger partial charge in [-0.3, -0.25) is 0 Å². The Morgan fingerprint density at radius 1 is 1.33 bits per heavy atom. The summed E-state index contributed by atoms with van der Waals surface area (Å²) in [6.45, 7) is 9.54. The van der Waals surface area contributed by atoms with E-state index >= 15 is 0 Å². The second-order valence-electron chi connectivity index (χ2n) is 6.28. The van der Waals surface area contributed by atoms with Gasteiger partial charge in [0.1, 0.15) is 6.54 Å². The van der Waals surface area contributed by atoms with Crippen LogP contribution in [-0.2, 0) is 11.3 Å². The molecule has 0 aliphatic carbocycles. The van der Waals surface area contributed by atoms with Crippen LogP contribution >= 0.6 is 0 Å². The number of aliphatic imine (C=N–C) groups is 1. The van der Waals surface area contributed by atoms with Gasteiger partial charge in [0.15, 0.2) is 11.7 Å². The molecule has 0 amide bonds. The van der Waals surface area contributed by atoms with Gasteiger partial charge in [0.05, 0.1) is 11.8 Å². The molecule has 1 unspecified atom stereocenters. The van der Waals surface area contributed by atoms with Gasteiger partial charge in [-0.1, -0.05) is 19.0 Å². The number of nitrogens with zero attached hydrogens (tertiary/aromatic N) is 2. The first-order valence-corrected chi connectivity index (χ1v) is 9.36. The molecule has 1 aliphatic heterocycles. The van der Waals surface area contributed by atoms with Crippen LogP contribution in [0.2, 0.25) is 0 Å². The zero-order valence-corrected chi connectivity index (χ0v) is 15.3. The topological polar surface area (TPSA) is 71.7 Å². The number of aromatic nitrogens is 1. The van der Waals surface area contributed by atoms with Crippen LogP contribution in [-0.4, -0.2) is 36.9 Å². The molecule has 136 valence electrons. The predicted octanol–water partition coefficient (Wildman–Crippen LogP) is 3.20. The van der Waals surface area contributed by atoms with Crippen LogP contribution in [0.3, 0.4) is 0 Å². The first-order chi connectivity index (χ1) is 11.8. The van der Waals surface area contributed by atoms with Crippen LogP contribution in [0.25, 0.3) is 0 Å². The molecule has 0 bridgehead atoms. The van der Waals surface area contributed by atoms with E-state index in [0.717, 1.165) is 56.4 Å². The molecule has 6 nitrogen and oxygen atoms in total. The summed E-state index contributed by atoms with van der Waals surface area (Å²) in [5.74, 6) is 2.11. The number of ether oxygens (including phenoxy) is 1. The van der Waals surface area contributed by atoms with E-state index in [0.29, 0.717) is 18.6 Å². The van der Waals surface area contributed by atoms with E-state index in [4.69, 9.17) is 9.26 Å². The molecular formula is C18H32N4O2. The molecule has 0 saturated carbocycles. The highest BCUT2D eigenvalue weighted by Crippen LogP contribution is 2.22. The molecule has 0 radical (unpaired) electrons. The molecular weight excluding hydrogens is 304 g/mol. The van der Waals surface area contributed by atoms with Gasteiger partial charge in [-0.15, -0.1) is 0 Å². The van der Waals surface area contributed by atoms with Crippen LogP contribution in [0.1, 0.15) is 70.2 Å². The quantitative estimate of drug-likeness (QED) is 0.535. The second-order valence-corrected chi connectivity index (χ2v) is 6.28. The zero-order valence-electron chi connectivity index (χ0n) is 15.3. The first-order valence-electron chi connectivity index (χ1n) is 9.36. The summed E-state index contributed by atoms with van der Waals surface area (Å²) in [5.41, 5.74) is 1.04. The summed E-state index contributed by atoms with van der Waals surface area (Å²) in [6, 6.07) is 2.04. The molecule has 2 rings (SSSR count). The Morgan fingerprint density at radius 2 is 2.17 bits per heavy atom. The van der Waals surface area contributed by atoms with Gasteiger partial charge in [-0.05, 0) is 39.0 Å². The van der Waals surface area contributed by atoms with E-state index in [1.165, 1.54) is 12.8 Å².